The average Bonchev–Trinajstić information content (AvgIpc) is 2.49. The summed E-state index contributed by atoms with van der Waals surface area (Å²) in [5, 5.41) is 0. The van der Waals surface area contributed by atoms with E-state index < -0.39 is 0 Å². The zero-order valence-electron chi connectivity index (χ0n) is 13.4. The Kier molecular flexibility index (Phi) is 4.68. The number of hydrogen-bond donors (Lipinski definition) is 0. The van der Waals surface area contributed by atoms with E-state index >= 15 is 0 Å². The van der Waals surface area contributed by atoms with Gasteiger partial charge in [-0.1, -0.05) is 0 Å². The maximum absolute atomic E-state index is 5.50. The van der Waals surface area contributed by atoms with Crippen molar-refractivity contribution in [3.8, 4) is 0 Å². The van der Waals surface area contributed by atoms with Crippen LogP contribution in [0.5, 0.6) is 0 Å². The highest BCUT2D eigenvalue weighted by Crippen LogP contribution is 2.42. The van der Waals surface area contributed by atoms with Crippen LogP contribution in [0.3, 0.4) is 0 Å². The first-order valence-corrected chi connectivity index (χ1v) is 8.74. The van der Waals surface area contributed by atoms with E-state index in [0.717, 1.165) is 25.3 Å². The zero-order chi connectivity index (χ0) is 14.0. The van der Waals surface area contributed by atoms with Gasteiger partial charge >= 0.3 is 0 Å². The van der Waals surface area contributed by atoms with Crippen molar-refractivity contribution in [3.63, 3.8) is 0 Å². The fourth-order valence-corrected chi connectivity index (χ4v) is 4.43. The van der Waals surface area contributed by atoms with E-state index in [2.05, 4.69) is 23.6 Å². The van der Waals surface area contributed by atoms with Crippen LogP contribution < -0.4 is 0 Å². The van der Waals surface area contributed by atoms with E-state index in [9.17, 15) is 0 Å². The number of piperidine rings is 2. The first kappa shape index (κ1) is 14.8. The number of likely N-dealkylation sites (tertiary alicyclic amines) is 2. The Morgan fingerprint density at radius 2 is 1.45 bits per heavy atom. The van der Waals surface area contributed by atoms with Crippen molar-refractivity contribution in [1.29, 1.82) is 0 Å². The molecule has 3 rings (SSSR count). The van der Waals surface area contributed by atoms with Gasteiger partial charge in [0.1, 0.15) is 0 Å². The van der Waals surface area contributed by atoms with Gasteiger partial charge in [-0.25, -0.2) is 0 Å². The molecule has 0 aromatic rings. The second kappa shape index (κ2) is 6.33. The van der Waals surface area contributed by atoms with Crippen molar-refractivity contribution in [2.75, 3.05) is 39.4 Å². The van der Waals surface area contributed by atoms with Crippen LogP contribution in [0.2, 0.25) is 0 Å². The third-order valence-electron chi connectivity index (χ3n) is 6.15. The molecular weight excluding hydrogens is 248 g/mol. The Bertz CT molecular complexity index is 294. The van der Waals surface area contributed by atoms with Crippen LogP contribution >= 0.6 is 0 Å². The van der Waals surface area contributed by atoms with Gasteiger partial charge in [0.05, 0.1) is 0 Å². The minimum absolute atomic E-state index is 0.688. The van der Waals surface area contributed by atoms with Crippen molar-refractivity contribution < 1.29 is 4.74 Å². The normalized spacial score (nSPS) is 30.1. The summed E-state index contributed by atoms with van der Waals surface area (Å²) in [6.45, 7) is 12.0. The molecule has 3 aliphatic heterocycles. The molecule has 0 atom stereocenters. The molecule has 0 N–H and O–H groups in total. The molecule has 0 bridgehead atoms. The highest BCUT2D eigenvalue weighted by molar-refractivity contribution is 4.92. The van der Waals surface area contributed by atoms with Gasteiger partial charge in [0.2, 0.25) is 0 Å². The molecule has 3 heteroatoms. The minimum atomic E-state index is 0.688. The van der Waals surface area contributed by atoms with Gasteiger partial charge in [-0.2, -0.15) is 0 Å². The molecule has 0 radical (unpaired) electrons. The summed E-state index contributed by atoms with van der Waals surface area (Å²) in [5.41, 5.74) is 0.688. The third kappa shape index (κ3) is 3.20. The van der Waals surface area contributed by atoms with Crippen molar-refractivity contribution in [3.05, 3.63) is 0 Å². The van der Waals surface area contributed by atoms with Crippen molar-refractivity contribution in [2.45, 2.75) is 64.5 Å². The summed E-state index contributed by atoms with van der Waals surface area (Å²) >= 11 is 0. The number of nitrogens with zero attached hydrogens (tertiary/aromatic N) is 2. The molecule has 0 aromatic carbocycles. The Balaban J connectivity index is 1.48. The largest absolute Gasteiger partial charge is 0.381 e. The highest BCUT2D eigenvalue weighted by atomic mass is 16.5. The van der Waals surface area contributed by atoms with E-state index in [-0.39, 0.29) is 0 Å². The molecule has 3 saturated heterocycles. The van der Waals surface area contributed by atoms with Gasteiger partial charge in [-0.05, 0) is 84.0 Å². The Hall–Kier alpha value is -0.120. The zero-order valence-corrected chi connectivity index (χ0v) is 13.4. The van der Waals surface area contributed by atoms with Crippen LogP contribution in [0.25, 0.3) is 0 Å². The Morgan fingerprint density at radius 1 is 0.900 bits per heavy atom. The molecule has 0 aliphatic carbocycles. The molecule has 0 unspecified atom stereocenters. The predicted octanol–water partition coefficient (Wildman–Crippen LogP) is 2.75. The second-order valence-corrected chi connectivity index (χ2v) is 7.51. The van der Waals surface area contributed by atoms with Crippen molar-refractivity contribution in [2.24, 2.45) is 5.41 Å². The van der Waals surface area contributed by atoms with Gasteiger partial charge in [0, 0.05) is 25.3 Å². The fraction of sp³-hybridized carbons (Fsp3) is 1.00. The predicted molar refractivity (Wildman–Crippen MR) is 83.0 cm³/mol. The number of ether oxygens (including phenoxy) is 1. The molecule has 3 nitrogen and oxygen atoms in total. The van der Waals surface area contributed by atoms with Crippen LogP contribution in [0.1, 0.15) is 52.4 Å². The van der Waals surface area contributed by atoms with Crippen molar-refractivity contribution >= 4 is 0 Å². The lowest BCUT2D eigenvalue weighted by molar-refractivity contribution is -0.0163. The smallest absolute Gasteiger partial charge is 0.0480 e. The highest BCUT2D eigenvalue weighted by Gasteiger charge is 2.39. The number of rotatable bonds is 2. The molecule has 1 spiro atoms. The van der Waals surface area contributed by atoms with Crippen LogP contribution in [-0.4, -0.2) is 61.3 Å². The fourth-order valence-electron chi connectivity index (χ4n) is 4.43. The van der Waals surface area contributed by atoms with Crippen LogP contribution in [0.4, 0.5) is 0 Å². The van der Waals surface area contributed by atoms with Gasteiger partial charge in [-0.3, -0.25) is 0 Å². The van der Waals surface area contributed by atoms with Crippen LogP contribution in [-0.2, 0) is 4.74 Å². The standard InChI is InChI=1S/C17H32N2O/c1-15(2)18-9-5-17(6-10-18)7-11-19(12-8-17)16-3-13-20-14-4-16/h15-16H,3-14H2,1-2H3. The summed E-state index contributed by atoms with van der Waals surface area (Å²) in [6, 6.07) is 1.55. The molecule has 20 heavy (non-hydrogen) atoms. The van der Waals surface area contributed by atoms with E-state index in [4.69, 9.17) is 4.74 Å². The molecule has 3 heterocycles. The van der Waals surface area contributed by atoms with Crippen LogP contribution in [0.15, 0.2) is 0 Å². The van der Waals surface area contributed by atoms with Crippen molar-refractivity contribution in [1.82, 2.24) is 9.80 Å². The Morgan fingerprint density at radius 3 is 2.00 bits per heavy atom. The second-order valence-electron chi connectivity index (χ2n) is 7.51. The summed E-state index contributed by atoms with van der Waals surface area (Å²) in [4.78, 5) is 5.43. The summed E-state index contributed by atoms with van der Waals surface area (Å²) in [5.74, 6) is 0. The molecule has 3 fully saturated rings. The lowest BCUT2D eigenvalue weighted by Crippen LogP contribution is -2.51. The summed E-state index contributed by atoms with van der Waals surface area (Å²) in [6.07, 6.45) is 8.27. The van der Waals surface area contributed by atoms with Crippen LogP contribution in [0, 0.1) is 5.41 Å². The minimum Gasteiger partial charge on any atom is -0.381 e. The molecular formula is C17H32N2O. The van der Waals surface area contributed by atoms with E-state index in [1.54, 1.807) is 0 Å². The SMILES string of the molecule is CC(C)N1CCC2(CC1)CCN(C1CCOCC1)CC2. The number of hydrogen-bond acceptors (Lipinski definition) is 3. The van der Waals surface area contributed by atoms with Gasteiger partial charge in [0.25, 0.3) is 0 Å². The first-order valence-electron chi connectivity index (χ1n) is 8.74. The monoisotopic (exact) mass is 280 g/mol. The first-order chi connectivity index (χ1) is 9.69. The topological polar surface area (TPSA) is 15.7 Å². The van der Waals surface area contributed by atoms with Gasteiger partial charge < -0.3 is 14.5 Å². The van der Waals surface area contributed by atoms with Gasteiger partial charge in [0.15, 0.2) is 0 Å². The lowest BCUT2D eigenvalue weighted by atomic mass is 9.70. The lowest BCUT2D eigenvalue weighted by Gasteiger charge is -2.49. The quantitative estimate of drug-likeness (QED) is 0.773. The van der Waals surface area contributed by atoms with Gasteiger partial charge in [-0.15, -0.1) is 0 Å². The molecule has 0 saturated carbocycles. The molecule has 116 valence electrons. The molecule has 0 aromatic heterocycles. The molecule has 3 aliphatic rings. The van der Waals surface area contributed by atoms with E-state index in [0.29, 0.717) is 5.41 Å². The third-order valence-corrected chi connectivity index (χ3v) is 6.15. The Labute approximate surface area is 124 Å². The average molecular weight is 280 g/mol. The summed E-state index contributed by atoms with van der Waals surface area (Å²) in [7, 11) is 0. The van der Waals surface area contributed by atoms with E-state index in [1.807, 2.05) is 0 Å². The maximum Gasteiger partial charge on any atom is 0.0480 e. The summed E-state index contributed by atoms with van der Waals surface area (Å²) < 4.78 is 5.50. The molecule has 0 amide bonds. The maximum atomic E-state index is 5.50. The van der Waals surface area contributed by atoms with E-state index in [1.165, 1.54) is 64.7 Å².